The number of hydrogen-bond donors (Lipinski definition) is 1. The van der Waals surface area contributed by atoms with Crippen LogP contribution in [0.1, 0.15) is 46.8 Å². The van der Waals surface area contributed by atoms with E-state index >= 15 is 0 Å². The van der Waals surface area contributed by atoms with Crippen molar-refractivity contribution in [1.82, 2.24) is 25.1 Å². The van der Waals surface area contributed by atoms with E-state index in [4.69, 9.17) is 0 Å². The average molecular weight is 315 g/mol. The molecule has 2 atom stereocenters. The van der Waals surface area contributed by atoms with E-state index in [9.17, 15) is 9.18 Å². The summed E-state index contributed by atoms with van der Waals surface area (Å²) >= 11 is 0. The van der Waals surface area contributed by atoms with Gasteiger partial charge < -0.3 is 4.90 Å². The monoisotopic (exact) mass is 315 g/mol. The molecule has 2 aliphatic rings. The van der Waals surface area contributed by atoms with Gasteiger partial charge in [0.2, 0.25) is 0 Å². The lowest BCUT2D eigenvalue weighted by atomic mass is 9.97. The normalized spacial score (nSPS) is 24.1. The minimum atomic E-state index is -0.476. The summed E-state index contributed by atoms with van der Waals surface area (Å²) in [5.41, 5.74) is 0.391. The lowest BCUT2D eigenvalue weighted by Gasteiger charge is -2.15. The summed E-state index contributed by atoms with van der Waals surface area (Å²) in [6, 6.07) is 5.22. The molecule has 2 aromatic rings. The molecule has 0 bridgehead atoms. The highest BCUT2D eigenvalue weighted by molar-refractivity contribution is 5.92. The Bertz CT molecular complexity index is 700. The van der Waals surface area contributed by atoms with Crippen molar-refractivity contribution >= 4 is 5.91 Å². The van der Waals surface area contributed by atoms with Crippen LogP contribution in [-0.4, -0.2) is 50.7 Å². The maximum atomic E-state index is 13.4. The Labute approximate surface area is 133 Å². The standard InChI is InChI=1S/C16H18FN5O/c17-7-11-8-22(16(23)13-3-1-2-6-18-13)9-12(11)15-19-14(20-21-15)10-4-5-10/h1-3,6,10-12H,4-5,7-9H2,(H,19,20,21)/t11-,12-/m1/s1. The first kappa shape index (κ1) is 14.3. The number of likely N-dealkylation sites (tertiary alicyclic amines) is 1. The Morgan fingerprint density at radius 2 is 2.22 bits per heavy atom. The maximum absolute atomic E-state index is 13.4. The highest BCUT2D eigenvalue weighted by atomic mass is 19.1. The SMILES string of the molecule is O=C(c1ccccn1)N1C[C@@H](CF)[C@H](c2nc(C3CC3)n[nH]2)C1. The fraction of sp³-hybridized carbons (Fsp3) is 0.500. The molecule has 1 aliphatic heterocycles. The highest BCUT2D eigenvalue weighted by Crippen LogP contribution is 2.39. The number of aromatic nitrogens is 4. The van der Waals surface area contributed by atoms with Gasteiger partial charge >= 0.3 is 0 Å². The Morgan fingerprint density at radius 1 is 1.35 bits per heavy atom. The average Bonchev–Trinajstić information content (AvgIpc) is 3.17. The molecule has 0 spiro atoms. The second-order valence-electron chi connectivity index (χ2n) is 6.30. The van der Waals surface area contributed by atoms with Gasteiger partial charge in [-0.3, -0.25) is 19.3 Å². The van der Waals surface area contributed by atoms with Crippen LogP contribution >= 0.6 is 0 Å². The number of amides is 1. The van der Waals surface area contributed by atoms with Gasteiger partial charge in [-0.05, 0) is 25.0 Å². The van der Waals surface area contributed by atoms with Crippen molar-refractivity contribution in [3.05, 3.63) is 41.7 Å². The number of hydrogen-bond acceptors (Lipinski definition) is 4. The van der Waals surface area contributed by atoms with Crippen LogP contribution in [0.25, 0.3) is 0 Å². The van der Waals surface area contributed by atoms with E-state index in [1.54, 1.807) is 29.3 Å². The number of nitrogens with one attached hydrogen (secondary N) is 1. The van der Waals surface area contributed by atoms with Crippen LogP contribution in [0.2, 0.25) is 0 Å². The molecule has 2 aromatic heterocycles. The minimum absolute atomic E-state index is 0.132. The number of nitrogens with zero attached hydrogens (tertiary/aromatic N) is 4. The first-order valence-electron chi connectivity index (χ1n) is 7.94. The van der Waals surface area contributed by atoms with E-state index in [0.717, 1.165) is 18.7 Å². The number of alkyl halides is 1. The zero-order valence-corrected chi connectivity index (χ0v) is 12.7. The summed E-state index contributed by atoms with van der Waals surface area (Å²) in [5.74, 6) is 1.44. The largest absolute Gasteiger partial charge is 0.336 e. The van der Waals surface area contributed by atoms with E-state index in [1.807, 2.05) is 0 Å². The van der Waals surface area contributed by atoms with Gasteiger partial charge in [0, 0.05) is 37.0 Å². The number of carbonyl (C=O) groups excluding carboxylic acids is 1. The molecule has 2 fully saturated rings. The number of pyridine rings is 1. The second kappa shape index (κ2) is 5.72. The predicted molar refractivity (Wildman–Crippen MR) is 80.7 cm³/mol. The maximum Gasteiger partial charge on any atom is 0.272 e. The van der Waals surface area contributed by atoms with Gasteiger partial charge in [0.1, 0.15) is 11.5 Å². The molecule has 6 nitrogen and oxygen atoms in total. The zero-order chi connectivity index (χ0) is 15.8. The van der Waals surface area contributed by atoms with Crippen LogP contribution in [-0.2, 0) is 0 Å². The molecule has 4 rings (SSSR count). The molecule has 1 N–H and O–H groups in total. The minimum Gasteiger partial charge on any atom is -0.336 e. The van der Waals surface area contributed by atoms with Gasteiger partial charge in [0.05, 0.1) is 6.67 Å². The molecule has 0 unspecified atom stereocenters. The van der Waals surface area contributed by atoms with Crippen molar-refractivity contribution in [2.24, 2.45) is 5.92 Å². The third kappa shape index (κ3) is 2.71. The number of carbonyl (C=O) groups is 1. The van der Waals surface area contributed by atoms with Crippen molar-refractivity contribution in [2.75, 3.05) is 19.8 Å². The van der Waals surface area contributed by atoms with E-state index in [2.05, 4.69) is 20.2 Å². The van der Waals surface area contributed by atoms with Crippen molar-refractivity contribution in [1.29, 1.82) is 0 Å². The van der Waals surface area contributed by atoms with Crippen molar-refractivity contribution in [3.63, 3.8) is 0 Å². The van der Waals surface area contributed by atoms with Gasteiger partial charge in [-0.2, -0.15) is 5.10 Å². The Kier molecular flexibility index (Phi) is 3.55. The first-order chi connectivity index (χ1) is 11.3. The summed E-state index contributed by atoms with van der Waals surface area (Å²) in [4.78, 5) is 22.8. The predicted octanol–water partition coefficient (Wildman–Crippen LogP) is 1.90. The molecule has 120 valence electrons. The van der Waals surface area contributed by atoms with Gasteiger partial charge in [-0.15, -0.1) is 0 Å². The Morgan fingerprint density at radius 3 is 2.91 bits per heavy atom. The summed E-state index contributed by atoms with van der Waals surface area (Å²) in [6.07, 6.45) is 3.84. The quantitative estimate of drug-likeness (QED) is 0.935. The number of H-pyrrole nitrogens is 1. The smallest absolute Gasteiger partial charge is 0.272 e. The van der Waals surface area contributed by atoms with Crippen LogP contribution in [0.5, 0.6) is 0 Å². The van der Waals surface area contributed by atoms with Crippen molar-refractivity contribution in [2.45, 2.75) is 24.7 Å². The fourth-order valence-electron chi connectivity index (χ4n) is 3.13. The molecule has 7 heteroatoms. The molecule has 1 saturated heterocycles. The molecule has 1 saturated carbocycles. The topological polar surface area (TPSA) is 74.8 Å². The molecule has 3 heterocycles. The highest BCUT2D eigenvalue weighted by Gasteiger charge is 2.39. The number of rotatable bonds is 4. The lowest BCUT2D eigenvalue weighted by molar-refractivity contribution is 0.0778. The summed E-state index contributed by atoms with van der Waals surface area (Å²) in [5, 5.41) is 7.20. The summed E-state index contributed by atoms with van der Waals surface area (Å²) < 4.78 is 13.4. The van der Waals surface area contributed by atoms with Gasteiger partial charge in [0.25, 0.3) is 5.91 Å². The molecule has 23 heavy (non-hydrogen) atoms. The van der Waals surface area contributed by atoms with E-state index in [0.29, 0.717) is 30.5 Å². The fourth-order valence-corrected chi connectivity index (χ4v) is 3.13. The molecular formula is C16H18FN5O. The van der Waals surface area contributed by atoms with Crippen LogP contribution in [0, 0.1) is 5.92 Å². The van der Waals surface area contributed by atoms with Crippen LogP contribution < -0.4 is 0 Å². The van der Waals surface area contributed by atoms with E-state index in [1.165, 1.54) is 0 Å². The molecule has 0 radical (unpaired) electrons. The van der Waals surface area contributed by atoms with Gasteiger partial charge in [-0.25, -0.2) is 4.98 Å². The number of halogens is 1. The van der Waals surface area contributed by atoms with Gasteiger partial charge in [0.15, 0.2) is 5.82 Å². The third-order valence-corrected chi connectivity index (χ3v) is 4.62. The summed E-state index contributed by atoms with van der Waals surface area (Å²) in [7, 11) is 0. The zero-order valence-electron chi connectivity index (χ0n) is 12.7. The molecule has 0 aromatic carbocycles. The molecule has 1 aliphatic carbocycles. The second-order valence-corrected chi connectivity index (χ2v) is 6.30. The van der Waals surface area contributed by atoms with E-state index in [-0.39, 0.29) is 17.7 Å². The van der Waals surface area contributed by atoms with Crippen LogP contribution in [0.15, 0.2) is 24.4 Å². The first-order valence-corrected chi connectivity index (χ1v) is 7.94. The van der Waals surface area contributed by atoms with Crippen LogP contribution in [0.4, 0.5) is 4.39 Å². The molecular weight excluding hydrogens is 297 g/mol. The van der Waals surface area contributed by atoms with Gasteiger partial charge in [-0.1, -0.05) is 6.07 Å². The summed E-state index contributed by atoms with van der Waals surface area (Å²) in [6.45, 7) is 0.357. The number of aromatic amines is 1. The Hall–Kier alpha value is -2.31. The van der Waals surface area contributed by atoms with Crippen molar-refractivity contribution in [3.8, 4) is 0 Å². The van der Waals surface area contributed by atoms with Crippen LogP contribution in [0.3, 0.4) is 0 Å². The third-order valence-electron chi connectivity index (χ3n) is 4.62. The van der Waals surface area contributed by atoms with E-state index < -0.39 is 6.67 Å². The molecule has 1 amide bonds. The lowest BCUT2D eigenvalue weighted by Crippen LogP contribution is -2.29. The Balaban J connectivity index is 1.53. The van der Waals surface area contributed by atoms with Crippen molar-refractivity contribution < 1.29 is 9.18 Å².